The molecule has 0 N–H and O–H groups in total. The predicted molar refractivity (Wildman–Crippen MR) is 128 cm³/mol. The van der Waals surface area contributed by atoms with Gasteiger partial charge in [0.25, 0.3) is 0 Å². The van der Waals surface area contributed by atoms with Gasteiger partial charge in [-0.15, -0.1) is 0 Å². The van der Waals surface area contributed by atoms with Crippen LogP contribution in [0, 0.1) is 0 Å². The second-order valence-electron chi connectivity index (χ2n) is 7.41. The first-order chi connectivity index (χ1) is 16.2. The maximum atomic E-state index is 13.5. The standard InChI is InChI=1S/C27H25N3O3/c1-2-33-27(32)30(23-16-10-5-11-17-23)24(21-12-6-3-7-13-21)20-25(31)26-28-18-19-29(26)22-14-8-4-9-15-22/h3-19,24H,2,20H2,1H3. The average molecular weight is 440 g/mol. The van der Waals surface area contributed by atoms with Crippen LogP contribution >= 0.6 is 0 Å². The SMILES string of the molecule is CCOC(=O)N(c1ccccc1)C(CC(=O)c1nccn1-c1ccccc1)c1ccccc1. The zero-order valence-electron chi connectivity index (χ0n) is 18.4. The van der Waals surface area contributed by atoms with Gasteiger partial charge in [-0.3, -0.25) is 14.3 Å². The Hall–Kier alpha value is -4.19. The Morgan fingerprint density at radius 2 is 1.52 bits per heavy atom. The van der Waals surface area contributed by atoms with Crippen molar-refractivity contribution in [2.24, 2.45) is 0 Å². The van der Waals surface area contributed by atoms with Gasteiger partial charge in [-0.05, 0) is 36.8 Å². The lowest BCUT2D eigenvalue weighted by Gasteiger charge is -2.31. The maximum Gasteiger partial charge on any atom is 0.414 e. The van der Waals surface area contributed by atoms with Crippen LogP contribution in [0.3, 0.4) is 0 Å². The van der Waals surface area contributed by atoms with Crippen molar-refractivity contribution in [2.45, 2.75) is 19.4 Å². The van der Waals surface area contributed by atoms with Crippen LogP contribution in [-0.4, -0.2) is 28.0 Å². The zero-order chi connectivity index (χ0) is 23.0. The summed E-state index contributed by atoms with van der Waals surface area (Å²) in [5.74, 6) is 0.141. The first kappa shape index (κ1) is 22.0. The lowest BCUT2D eigenvalue weighted by molar-refractivity contribution is 0.0959. The van der Waals surface area contributed by atoms with Crippen LogP contribution in [-0.2, 0) is 4.74 Å². The fourth-order valence-corrected chi connectivity index (χ4v) is 3.80. The lowest BCUT2D eigenvalue weighted by atomic mass is 9.98. The number of anilines is 1. The number of hydrogen-bond acceptors (Lipinski definition) is 4. The second-order valence-corrected chi connectivity index (χ2v) is 7.41. The molecule has 6 heteroatoms. The van der Waals surface area contributed by atoms with Crippen LogP contribution in [0.4, 0.5) is 10.5 Å². The van der Waals surface area contributed by atoms with E-state index in [2.05, 4.69) is 4.98 Å². The molecule has 0 saturated carbocycles. The van der Waals surface area contributed by atoms with Crippen LogP contribution in [0.15, 0.2) is 103 Å². The molecule has 1 heterocycles. The Morgan fingerprint density at radius 3 is 2.15 bits per heavy atom. The minimum atomic E-state index is -0.568. The number of Topliss-reactive ketones (excluding diaryl/α,β-unsaturated/α-hetero) is 1. The average Bonchev–Trinajstić information content (AvgIpc) is 3.36. The Morgan fingerprint density at radius 1 is 0.909 bits per heavy atom. The summed E-state index contributed by atoms with van der Waals surface area (Å²) in [5.41, 5.74) is 2.34. The number of amides is 1. The molecule has 33 heavy (non-hydrogen) atoms. The summed E-state index contributed by atoms with van der Waals surface area (Å²) in [6, 6.07) is 27.8. The van der Waals surface area contributed by atoms with Gasteiger partial charge in [0.05, 0.1) is 12.6 Å². The van der Waals surface area contributed by atoms with Gasteiger partial charge in [0.1, 0.15) is 0 Å². The summed E-state index contributed by atoms with van der Waals surface area (Å²) < 4.78 is 7.15. The molecule has 0 aliphatic heterocycles. The van der Waals surface area contributed by atoms with Crippen LogP contribution < -0.4 is 4.90 Å². The van der Waals surface area contributed by atoms with Crippen molar-refractivity contribution in [1.29, 1.82) is 0 Å². The topological polar surface area (TPSA) is 64.4 Å². The molecule has 0 aliphatic rings. The molecule has 0 fully saturated rings. The number of carbonyl (C=O) groups excluding carboxylic acids is 2. The van der Waals surface area contributed by atoms with Crippen molar-refractivity contribution < 1.29 is 14.3 Å². The Kier molecular flexibility index (Phi) is 6.95. The number of aromatic nitrogens is 2. The number of ether oxygens (including phenoxy) is 1. The molecule has 0 spiro atoms. The molecule has 166 valence electrons. The van der Waals surface area contributed by atoms with E-state index < -0.39 is 12.1 Å². The third kappa shape index (κ3) is 5.01. The number of nitrogens with zero attached hydrogens (tertiary/aromatic N) is 3. The van der Waals surface area contributed by atoms with E-state index in [-0.39, 0.29) is 18.8 Å². The zero-order valence-corrected chi connectivity index (χ0v) is 18.4. The highest BCUT2D eigenvalue weighted by Gasteiger charge is 2.31. The summed E-state index contributed by atoms with van der Waals surface area (Å²) in [4.78, 5) is 32.5. The third-order valence-corrected chi connectivity index (χ3v) is 5.30. The van der Waals surface area contributed by atoms with E-state index in [4.69, 9.17) is 4.74 Å². The van der Waals surface area contributed by atoms with E-state index in [9.17, 15) is 9.59 Å². The molecule has 1 aromatic heterocycles. The summed E-state index contributed by atoms with van der Waals surface area (Å²) in [5, 5.41) is 0. The lowest BCUT2D eigenvalue weighted by Crippen LogP contribution is -2.37. The molecule has 1 amide bonds. The van der Waals surface area contributed by atoms with E-state index in [1.54, 1.807) is 28.8 Å². The number of imidazole rings is 1. The summed E-state index contributed by atoms with van der Waals surface area (Å²) >= 11 is 0. The number of ketones is 1. The van der Waals surface area contributed by atoms with Gasteiger partial charge >= 0.3 is 6.09 Å². The molecule has 3 aromatic carbocycles. The van der Waals surface area contributed by atoms with Crippen molar-refractivity contribution in [2.75, 3.05) is 11.5 Å². The minimum absolute atomic E-state index is 0.0432. The van der Waals surface area contributed by atoms with Gasteiger partial charge < -0.3 is 4.74 Å². The normalized spacial score (nSPS) is 11.5. The Bertz CT molecular complexity index is 1190. The predicted octanol–water partition coefficient (Wildman–Crippen LogP) is 5.85. The van der Waals surface area contributed by atoms with Crippen LogP contribution in [0.5, 0.6) is 0 Å². The molecule has 1 unspecified atom stereocenters. The Balaban J connectivity index is 1.74. The van der Waals surface area contributed by atoms with E-state index in [0.717, 1.165) is 11.3 Å². The van der Waals surface area contributed by atoms with Gasteiger partial charge in [0.2, 0.25) is 5.78 Å². The summed E-state index contributed by atoms with van der Waals surface area (Å²) in [7, 11) is 0. The highest BCUT2D eigenvalue weighted by Crippen LogP contribution is 2.32. The minimum Gasteiger partial charge on any atom is -0.449 e. The molecule has 6 nitrogen and oxygen atoms in total. The molecule has 4 rings (SSSR count). The number of carbonyl (C=O) groups is 2. The van der Waals surface area contributed by atoms with Crippen molar-refractivity contribution in [3.63, 3.8) is 0 Å². The van der Waals surface area contributed by atoms with Gasteiger partial charge in [0, 0.05) is 30.2 Å². The third-order valence-electron chi connectivity index (χ3n) is 5.30. The van der Waals surface area contributed by atoms with E-state index in [1.165, 1.54) is 0 Å². The van der Waals surface area contributed by atoms with Crippen LogP contribution in [0.1, 0.15) is 35.6 Å². The summed E-state index contributed by atoms with van der Waals surface area (Å²) in [6.07, 6.45) is 2.91. The number of rotatable bonds is 8. The molecule has 0 aliphatic carbocycles. The molecule has 1 atom stereocenters. The maximum absolute atomic E-state index is 13.5. The quantitative estimate of drug-likeness (QED) is 0.323. The molecule has 0 bridgehead atoms. The molecule has 4 aromatic rings. The fraction of sp³-hybridized carbons (Fsp3) is 0.148. The van der Waals surface area contributed by atoms with E-state index in [1.807, 2.05) is 91.0 Å². The number of para-hydroxylation sites is 2. The highest BCUT2D eigenvalue weighted by molar-refractivity contribution is 5.96. The van der Waals surface area contributed by atoms with Crippen LogP contribution in [0.2, 0.25) is 0 Å². The Labute approximate surface area is 193 Å². The first-order valence-electron chi connectivity index (χ1n) is 10.9. The van der Waals surface area contributed by atoms with Gasteiger partial charge in [0.15, 0.2) is 5.82 Å². The molecule has 0 saturated heterocycles. The smallest absolute Gasteiger partial charge is 0.414 e. The molecule has 0 radical (unpaired) electrons. The molecular weight excluding hydrogens is 414 g/mol. The van der Waals surface area contributed by atoms with E-state index in [0.29, 0.717) is 11.5 Å². The van der Waals surface area contributed by atoms with Crippen molar-refractivity contribution >= 4 is 17.6 Å². The molecular formula is C27H25N3O3. The van der Waals surface area contributed by atoms with Crippen molar-refractivity contribution in [3.05, 3.63) is 115 Å². The van der Waals surface area contributed by atoms with Crippen LogP contribution in [0.25, 0.3) is 5.69 Å². The highest BCUT2D eigenvalue weighted by atomic mass is 16.6. The van der Waals surface area contributed by atoms with Crippen molar-refractivity contribution in [1.82, 2.24) is 9.55 Å². The van der Waals surface area contributed by atoms with Gasteiger partial charge in [-0.2, -0.15) is 0 Å². The monoisotopic (exact) mass is 439 g/mol. The fourth-order valence-electron chi connectivity index (χ4n) is 3.80. The summed E-state index contributed by atoms with van der Waals surface area (Å²) in [6.45, 7) is 2.00. The number of benzene rings is 3. The largest absolute Gasteiger partial charge is 0.449 e. The van der Waals surface area contributed by atoms with Crippen molar-refractivity contribution in [3.8, 4) is 5.69 Å². The van der Waals surface area contributed by atoms with E-state index >= 15 is 0 Å². The first-order valence-corrected chi connectivity index (χ1v) is 10.9. The second kappa shape index (κ2) is 10.4. The van der Waals surface area contributed by atoms with Gasteiger partial charge in [-0.25, -0.2) is 9.78 Å². The van der Waals surface area contributed by atoms with Gasteiger partial charge in [-0.1, -0.05) is 66.7 Å². The number of hydrogen-bond donors (Lipinski definition) is 0.